The van der Waals surface area contributed by atoms with Gasteiger partial charge in [-0.05, 0) is 28.3 Å². The molecule has 1 aromatic heterocycles. The van der Waals surface area contributed by atoms with E-state index in [1.54, 1.807) is 6.07 Å². The first-order chi connectivity index (χ1) is 14.2. The summed E-state index contributed by atoms with van der Waals surface area (Å²) in [5, 5.41) is 26.5. The van der Waals surface area contributed by atoms with E-state index in [0.29, 0.717) is 25.5 Å². The van der Waals surface area contributed by atoms with Gasteiger partial charge >= 0.3 is 0 Å². The highest BCUT2D eigenvalue weighted by molar-refractivity contribution is 6.01. The molecule has 1 unspecified atom stereocenters. The average Bonchev–Trinajstić information content (AvgIpc) is 3.45. The summed E-state index contributed by atoms with van der Waals surface area (Å²) in [5.41, 5.74) is 4.45. The van der Waals surface area contributed by atoms with Crippen LogP contribution in [0.5, 0.6) is 5.88 Å². The van der Waals surface area contributed by atoms with Crippen molar-refractivity contribution in [1.82, 2.24) is 10.1 Å². The lowest BCUT2D eigenvalue weighted by Crippen LogP contribution is -2.36. The van der Waals surface area contributed by atoms with Gasteiger partial charge < -0.3 is 24.3 Å². The quantitative estimate of drug-likeness (QED) is 0.697. The Kier molecular flexibility index (Phi) is 6.24. The molecule has 2 aliphatic rings. The lowest BCUT2D eigenvalue weighted by molar-refractivity contribution is 0.0446. The van der Waals surface area contributed by atoms with E-state index in [4.69, 9.17) is 19.2 Å². The van der Waals surface area contributed by atoms with Gasteiger partial charge in [-0.15, -0.1) is 0 Å². The van der Waals surface area contributed by atoms with Crippen molar-refractivity contribution < 1.29 is 24.3 Å². The largest absolute Gasteiger partial charge is 0.471 e. The lowest BCUT2D eigenvalue weighted by Gasteiger charge is -2.27. The number of oxime groups is 1. The van der Waals surface area contributed by atoms with Gasteiger partial charge in [-0.2, -0.15) is 0 Å². The zero-order valence-electron chi connectivity index (χ0n) is 16.1. The molecule has 154 valence electrons. The van der Waals surface area contributed by atoms with Crippen molar-refractivity contribution in [3.63, 3.8) is 0 Å². The van der Waals surface area contributed by atoms with Gasteiger partial charge in [0.05, 0.1) is 18.4 Å². The van der Waals surface area contributed by atoms with Crippen molar-refractivity contribution in [3.05, 3.63) is 53.8 Å². The molecule has 2 aliphatic heterocycles. The van der Waals surface area contributed by atoms with Crippen LogP contribution in [0.15, 0.2) is 52.3 Å². The maximum absolute atomic E-state index is 9.58. The van der Waals surface area contributed by atoms with Crippen LogP contribution in [-0.2, 0) is 4.84 Å². The fourth-order valence-electron chi connectivity index (χ4n) is 3.51. The molecular weight excluding hydrogens is 374 g/mol. The Morgan fingerprint density at radius 3 is 2.72 bits per heavy atom. The summed E-state index contributed by atoms with van der Waals surface area (Å²) >= 11 is 0. The van der Waals surface area contributed by atoms with Crippen LogP contribution in [-0.4, -0.2) is 71.0 Å². The van der Waals surface area contributed by atoms with Crippen LogP contribution in [0.4, 0.5) is 0 Å². The summed E-state index contributed by atoms with van der Waals surface area (Å²) in [6.07, 6.45) is 4.44. The van der Waals surface area contributed by atoms with E-state index in [1.165, 1.54) is 17.4 Å². The monoisotopic (exact) mass is 399 g/mol. The van der Waals surface area contributed by atoms with Gasteiger partial charge in [0.2, 0.25) is 0 Å². The fourth-order valence-corrected chi connectivity index (χ4v) is 3.51. The molecule has 0 fully saturated rings. The molecule has 4 rings (SSSR count). The molecule has 2 N–H and O–H groups in total. The van der Waals surface area contributed by atoms with Crippen LogP contribution in [0.1, 0.15) is 24.0 Å². The summed E-state index contributed by atoms with van der Waals surface area (Å²) < 4.78 is 10.2. The molecule has 0 radical (unpaired) electrons. The highest BCUT2D eigenvalue weighted by Crippen LogP contribution is 2.24. The maximum atomic E-state index is 9.58. The van der Waals surface area contributed by atoms with E-state index in [-0.39, 0.29) is 12.7 Å². The number of nitrogens with zero attached hydrogens (tertiary/aromatic N) is 3. The molecule has 1 aromatic carbocycles. The minimum absolute atomic E-state index is 0.136. The number of aliphatic hydroxyl groups excluding tert-OH is 2. The highest BCUT2D eigenvalue weighted by atomic mass is 16.7. The van der Waals surface area contributed by atoms with Crippen molar-refractivity contribution >= 4 is 11.3 Å². The molecular formula is C21H25N3O5. The molecule has 0 saturated carbocycles. The Labute approximate surface area is 169 Å². The molecule has 0 bridgehead atoms. The molecule has 3 heterocycles. The van der Waals surface area contributed by atoms with E-state index in [9.17, 15) is 5.11 Å². The molecule has 29 heavy (non-hydrogen) atoms. The van der Waals surface area contributed by atoms with Gasteiger partial charge in [0.15, 0.2) is 6.10 Å². The van der Waals surface area contributed by atoms with Crippen LogP contribution < -0.4 is 4.74 Å². The van der Waals surface area contributed by atoms with Crippen LogP contribution in [0.3, 0.4) is 0 Å². The first kappa shape index (κ1) is 19.6. The van der Waals surface area contributed by atoms with E-state index < -0.39 is 6.10 Å². The van der Waals surface area contributed by atoms with Crippen LogP contribution >= 0.6 is 0 Å². The predicted octanol–water partition coefficient (Wildman–Crippen LogP) is 1.69. The van der Waals surface area contributed by atoms with Crippen molar-refractivity contribution in [2.24, 2.45) is 5.16 Å². The molecule has 0 saturated heterocycles. The minimum atomic E-state index is -0.677. The van der Waals surface area contributed by atoms with E-state index in [0.717, 1.165) is 30.8 Å². The zero-order chi connectivity index (χ0) is 20.1. The average molecular weight is 399 g/mol. The molecule has 0 spiro atoms. The molecule has 8 nitrogen and oxygen atoms in total. The Hall–Kier alpha value is -2.68. The van der Waals surface area contributed by atoms with Crippen LogP contribution in [0, 0.1) is 0 Å². The number of benzene rings is 1. The lowest BCUT2D eigenvalue weighted by atomic mass is 9.96. The van der Waals surface area contributed by atoms with Crippen molar-refractivity contribution in [2.75, 3.05) is 32.8 Å². The Morgan fingerprint density at radius 1 is 1.21 bits per heavy atom. The topological polar surface area (TPSA) is 101 Å². The Morgan fingerprint density at radius 2 is 2.03 bits per heavy atom. The first-order valence-electron chi connectivity index (χ1n) is 9.78. The number of ether oxygens (including phenoxy) is 1. The van der Waals surface area contributed by atoms with Gasteiger partial charge in [-0.3, -0.25) is 4.90 Å². The van der Waals surface area contributed by atoms with E-state index in [1.807, 2.05) is 0 Å². The normalized spacial score (nSPS) is 20.7. The standard InChI is InChI=1S/C21H25N3O5/c25-13-18(26)12-24-8-5-16(6-9-24)15-1-3-17(4-2-15)20-11-19(29-22-20)14-27-21-7-10-28-23-21/h1-5,7,10,18-19,25-26H,6,8-9,11-14H2/t18-,19?/m0/s1. The number of hydrogen-bond acceptors (Lipinski definition) is 8. The van der Waals surface area contributed by atoms with E-state index >= 15 is 0 Å². The summed E-state index contributed by atoms with van der Waals surface area (Å²) in [6, 6.07) is 10.0. The number of rotatable bonds is 8. The third-order valence-corrected chi connectivity index (χ3v) is 5.13. The highest BCUT2D eigenvalue weighted by Gasteiger charge is 2.23. The molecule has 0 amide bonds. The maximum Gasteiger partial charge on any atom is 0.254 e. The smallest absolute Gasteiger partial charge is 0.254 e. The SMILES string of the molecule is OC[C@@H](O)CN1CC=C(c2ccc(C3=NOC(COc4ccon4)C3)cc2)CC1. The Bertz CT molecular complexity index is 848. The second kappa shape index (κ2) is 9.21. The van der Waals surface area contributed by atoms with Gasteiger partial charge in [-0.25, -0.2) is 0 Å². The minimum Gasteiger partial charge on any atom is -0.471 e. The second-order valence-electron chi connectivity index (χ2n) is 7.27. The van der Waals surface area contributed by atoms with Gasteiger partial charge in [-0.1, -0.05) is 35.5 Å². The summed E-state index contributed by atoms with van der Waals surface area (Å²) in [7, 11) is 0. The summed E-state index contributed by atoms with van der Waals surface area (Å²) in [6.45, 7) is 2.32. The number of hydrogen-bond donors (Lipinski definition) is 2. The van der Waals surface area contributed by atoms with Gasteiger partial charge in [0.1, 0.15) is 12.9 Å². The van der Waals surface area contributed by atoms with Crippen LogP contribution in [0.25, 0.3) is 5.57 Å². The molecule has 0 aliphatic carbocycles. The summed E-state index contributed by atoms with van der Waals surface area (Å²) in [5.74, 6) is 0.441. The Balaban J connectivity index is 1.29. The van der Waals surface area contributed by atoms with Gasteiger partial charge in [0.25, 0.3) is 5.88 Å². The van der Waals surface area contributed by atoms with Crippen molar-refractivity contribution in [1.29, 1.82) is 0 Å². The fraction of sp³-hybridized carbons (Fsp3) is 0.429. The van der Waals surface area contributed by atoms with Gasteiger partial charge in [0, 0.05) is 32.1 Å². The molecule has 8 heteroatoms. The number of β-amino-alcohol motifs (C(OH)–C–C–N with tert-alkyl or cyclic N) is 1. The van der Waals surface area contributed by atoms with Crippen LogP contribution in [0.2, 0.25) is 0 Å². The predicted molar refractivity (Wildman–Crippen MR) is 107 cm³/mol. The molecule has 2 aromatic rings. The third-order valence-electron chi connectivity index (χ3n) is 5.13. The number of aliphatic hydroxyl groups is 2. The number of aromatic nitrogens is 1. The molecule has 2 atom stereocenters. The van der Waals surface area contributed by atoms with Crippen molar-refractivity contribution in [3.8, 4) is 5.88 Å². The summed E-state index contributed by atoms with van der Waals surface area (Å²) in [4.78, 5) is 7.61. The van der Waals surface area contributed by atoms with E-state index in [2.05, 4.69) is 45.6 Å². The van der Waals surface area contributed by atoms with Crippen molar-refractivity contribution in [2.45, 2.75) is 25.0 Å². The zero-order valence-corrected chi connectivity index (χ0v) is 16.1. The second-order valence-corrected chi connectivity index (χ2v) is 7.27. The first-order valence-corrected chi connectivity index (χ1v) is 9.78. The third kappa shape index (κ3) is 5.03.